The molecule has 0 radical (unpaired) electrons. The minimum Gasteiger partial charge on any atom is -0.317 e. The molecule has 0 bridgehead atoms. The molecule has 0 saturated heterocycles. The Morgan fingerprint density at radius 2 is 2.00 bits per heavy atom. The van der Waals surface area contributed by atoms with Crippen molar-refractivity contribution in [3.63, 3.8) is 0 Å². The SMILES string of the molecule is CNC1CC(c2ccc(F)c(C(C)C)c2)C1. The third-order valence-electron chi connectivity index (χ3n) is 3.66. The van der Waals surface area contributed by atoms with Crippen LogP contribution >= 0.6 is 0 Å². The first kappa shape index (κ1) is 11.6. The number of benzene rings is 1. The van der Waals surface area contributed by atoms with Crippen molar-refractivity contribution in [1.82, 2.24) is 5.32 Å². The fraction of sp³-hybridized carbons (Fsp3) is 0.571. The summed E-state index contributed by atoms with van der Waals surface area (Å²) < 4.78 is 13.5. The van der Waals surface area contributed by atoms with Gasteiger partial charge in [0.1, 0.15) is 5.82 Å². The zero-order valence-electron chi connectivity index (χ0n) is 10.3. The Balaban J connectivity index is 2.14. The van der Waals surface area contributed by atoms with Crippen LogP contribution in [0.25, 0.3) is 0 Å². The average Bonchev–Trinajstić information content (AvgIpc) is 2.18. The summed E-state index contributed by atoms with van der Waals surface area (Å²) in [5, 5.41) is 3.28. The highest BCUT2D eigenvalue weighted by Crippen LogP contribution is 2.37. The fourth-order valence-electron chi connectivity index (χ4n) is 2.38. The van der Waals surface area contributed by atoms with Crippen molar-refractivity contribution in [2.75, 3.05) is 7.05 Å². The van der Waals surface area contributed by atoms with Crippen LogP contribution < -0.4 is 5.32 Å². The summed E-state index contributed by atoms with van der Waals surface area (Å²) in [7, 11) is 2.01. The lowest BCUT2D eigenvalue weighted by molar-refractivity contribution is 0.307. The maximum atomic E-state index is 13.5. The van der Waals surface area contributed by atoms with Gasteiger partial charge in [0.05, 0.1) is 0 Å². The highest BCUT2D eigenvalue weighted by Gasteiger charge is 2.29. The fourth-order valence-corrected chi connectivity index (χ4v) is 2.38. The lowest BCUT2D eigenvalue weighted by Crippen LogP contribution is -2.37. The van der Waals surface area contributed by atoms with Gasteiger partial charge in [-0.1, -0.05) is 26.0 Å². The molecular weight excluding hydrogens is 201 g/mol. The van der Waals surface area contributed by atoms with Crippen LogP contribution in [0.4, 0.5) is 4.39 Å². The predicted octanol–water partition coefficient (Wildman–Crippen LogP) is 3.41. The molecule has 1 aromatic carbocycles. The normalized spacial score (nSPS) is 24.6. The molecule has 0 heterocycles. The zero-order valence-corrected chi connectivity index (χ0v) is 10.3. The lowest BCUT2D eigenvalue weighted by Gasteiger charge is -2.35. The Hall–Kier alpha value is -0.890. The van der Waals surface area contributed by atoms with E-state index in [1.165, 1.54) is 18.4 Å². The van der Waals surface area contributed by atoms with E-state index in [9.17, 15) is 4.39 Å². The molecule has 1 aliphatic rings. The third-order valence-corrected chi connectivity index (χ3v) is 3.66. The quantitative estimate of drug-likeness (QED) is 0.824. The largest absolute Gasteiger partial charge is 0.317 e. The Labute approximate surface area is 97.1 Å². The van der Waals surface area contributed by atoms with Gasteiger partial charge in [0.25, 0.3) is 0 Å². The minimum absolute atomic E-state index is 0.0664. The highest BCUT2D eigenvalue weighted by molar-refractivity contribution is 5.31. The van der Waals surface area contributed by atoms with Crippen molar-refractivity contribution in [2.45, 2.75) is 44.6 Å². The summed E-state index contributed by atoms with van der Waals surface area (Å²) in [5.41, 5.74) is 2.15. The molecule has 1 aliphatic carbocycles. The van der Waals surface area contributed by atoms with Gasteiger partial charge in [-0.2, -0.15) is 0 Å². The molecule has 1 N–H and O–H groups in total. The van der Waals surface area contributed by atoms with E-state index in [2.05, 4.69) is 11.4 Å². The number of rotatable bonds is 3. The highest BCUT2D eigenvalue weighted by atomic mass is 19.1. The van der Waals surface area contributed by atoms with Crippen LogP contribution in [0.2, 0.25) is 0 Å². The standard InChI is InChI=1S/C14H20FN/c1-9(2)13-8-10(4-5-14(13)15)11-6-12(7-11)16-3/h4-5,8-9,11-12,16H,6-7H2,1-3H3. The van der Waals surface area contributed by atoms with Gasteiger partial charge in [0, 0.05) is 6.04 Å². The van der Waals surface area contributed by atoms with Gasteiger partial charge in [0.2, 0.25) is 0 Å². The molecule has 1 saturated carbocycles. The maximum absolute atomic E-state index is 13.5. The van der Waals surface area contributed by atoms with E-state index in [4.69, 9.17) is 0 Å². The topological polar surface area (TPSA) is 12.0 Å². The summed E-state index contributed by atoms with van der Waals surface area (Å²) in [6, 6.07) is 6.27. The van der Waals surface area contributed by atoms with Gasteiger partial charge in [-0.15, -0.1) is 0 Å². The van der Waals surface area contributed by atoms with Crippen molar-refractivity contribution in [2.24, 2.45) is 0 Å². The van der Waals surface area contributed by atoms with Crippen LogP contribution in [0.5, 0.6) is 0 Å². The van der Waals surface area contributed by atoms with E-state index < -0.39 is 0 Å². The molecule has 1 aromatic rings. The Morgan fingerprint density at radius 1 is 1.31 bits per heavy atom. The number of hydrogen-bond donors (Lipinski definition) is 1. The summed E-state index contributed by atoms with van der Waals surface area (Å²) in [4.78, 5) is 0. The summed E-state index contributed by atoms with van der Waals surface area (Å²) in [6.07, 6.45) is 2.36. The van der Waals surface area contributed by atoms with Crippen molar-refractivity contribution < 1.29 is 4.39 Å². The minimum atomic E-state index is -0.0664. The third kappa shape index (κ3) is 2.12. The number of halogens is 1. The zero-order chi connectivity index (χ0) is 11.7. The molecule has 0 aliphatic heterocycles. The second-order valence-electron chi connectivity index (χ2n) is 5.09. The lowest BCUT2D eigenvalue weighted by atomic mass is 9.75. The van der Waals surface area contributed by atoms with Crippen molar-refractivity contribution in [3.8, 4) is 0 Å². The molecule has 2 heteroatoms. The smallest absolute Gasteiger partial charge is 0.126 e. The molecule has 0 amide bonds. The monoisotopic (exact) mass is 221 g/mol. The van der Waals surface area contributed by atoms with Gasteiger partial charge in [-0.3, -0.25) is 0 Å². The maximum Gasteiger partial charge on any atom is 0.126 e. The van der Waals surface area contributed by atoms with E-state index in [0.717, 1.165) is 5.56 Å². The van der Waals surface area contributed by atoms with Crippen molar-refractivity contribution in [3.05, 3.63) is 35.1 Å². The van der Waals surface area contributed by atoms with Gasteiger partial charge >= 0.3 is 0 Å². The van der Waals surface area contributed by atoms with Gasteiger partial charge in [-0.25, -0.2) is 4.39 Å². The van der Waals surface area contributed by atoms with Gasteiger partial charge in [0.15, 0.2) is 0 Å². The van der Waals surface area contributed by atoms with Crippen molar-refractivity contribution >= 4 is 0 Å². The van der Waals surface area contributed by atoms with Crippen LogP contribution in [-0.2, 0) is 0 Å². The molecular formula is C14H20FN. The van der Waals surface area contributed by atoms with Gasteiger partial charge < -0.3 is 5.32 Å². The van der Waals surface area contributed by atoms with Gasteiger partial charge in [-0.05, 0) is 48.9 Å². The first-order valence-electron chi connectivity index (χ1n) is 6.08. The molecule has 0 spiro atoms. The molecule has 0 aromatic heterocycles. The molecule has 0 unspecified atom stereocenters. The Kier molecular flexibility index (Phi) is 3.29. The second kappa shape index (κ2) is 4.54. The molecule has 0 atom stereocenters. The molecule has 1 nitrogen and oxygen atoms in total. The second-order valence-corrected chi connectivity index (χ2v) is 5.09. The van der Waals surface area contributed by atoms with E-state index in [1.807, 2.05) is 27.0 Å². The Morgan fingerprint density at radius 3 is 2.56 bits per heavy atom. The summed E-state index contributed by atoms with van der Waals surface area (Å²) >= 11 is 0. The summed E-state index contributed by atoms with van der Waals surface area (Å²) in [6.45, 7) is 4.08. The number of nitrogens with one attached hydrogen (secondary N) is 1. The molecule has 2 rings (SSSR count). The van der Waals surface area contributed by atoms with Crippen LogP contribution in [0.3, 0.4) is 0 Å². The van der Waals surface area contributed by atoms with Crippen LogP contribution in [0.15, 0.2) is 18.2 Å². The van der Waals surface area contributed by atoms with E-state index in [0.29, 0.717) is 12.0 Å². The molecule has 1 fully saturated rings. The van der Waals surface area contributed by atoms with Crippen molar-refractivity contribution in [1.29, 1.82) is 0 Å². The summed E-state index contributed by atoms with van der Waals surface area (Å²) in [5.74, 6) is 0.818. The first-order valence-corrected chi connectivity index (χ1v) is 6.08. The van der Waals surface area contributed by atoms with Crippen LogP contribution in [0, 0.1) is 5.82 Å². The van der Waals surface area contributed by atoms with Crippen LogP contribution in [-0.4, -0.2) is 13.1 Å². The average molecular weight is 221 g/mol. The van der Waals surface area contributed by atoms with E-state index in [-0.39, 0.29) is 11.7 Å². The van der Waals surface area contributed by atoms with E-state index >= 15 is 0 Å². The van der Waals surface area contributed by atoms with E-state index in [1.54, 1.807) is 6.07 Å². The predicted molar refractivity (Wildman–Crippen MR) is 65.3 cm³/mol. The molecule has 88 valence electrons. The first-order chi connectivity index (χ1) is 7.61. The number of hydrogen-bond acceptors (Lipinski definition) is 1. The van der Waals surface area contributed by atoms with Crippen LogP contribution in [0.1, 0.15) is 49.7 Å². The molecule has 16 heavy (non-hydrogen) atoms. The Bertz CT molecular complexity index is 367.